The average Bonchev–Trinajstić information content (AvgIpc) is 2.28. The van der Waals surface area contributed by atoms with Crippen molar-refractivity contribution in [2.24, 2.45) is 17.8 Å². The Morgan fingerprint density at radius 2 is 2.06 bits per heavy atom. The van der Waals surface area contributed by atoms with Crippen LogP contribution in [0.15, 0.2) is 0 Å². The molecule has 18 heavy (non-hydrogen) atoms. The zero-order valence-corrected chi connectivity index (χ0v) is 11.8. The largest absolute Gasteiger partial charge is 0.460 e. The highest BCUT2D eigenvalue weighted by molar-refractivity contribution is 5.79. The first-order chi connectivity index (χ1) is 8.27. The molecule has 0 radical (unpaired) electrons. The fourth-order valence-corrected chi connectivity index (χ4v) is 2.58. The molecule has 0 unspecified atom stereocenters. The van der Waals surface area contributed by atoms with Crippen LogP contribution in [0.4, 0.5) is 0 Å². The molecule has 0 spiro atoms. The fourth-order valence-electron chi connectivity index (χ4n) is 2.58. The lowest BCUT2D eigenvalue weighted by Crippen LogP contribution is -2.45. The molecular weight excluding hydrogens is 232 g/mol. The van der Waals surface area contributed by atoms with Crippen molar-refractivity contribution in [2.45, 2.75) is 58.7 Å². The average molecular weight is 258 g/mol. The molecule has 4 atom stereocenters. The second-order valence-electron chi connectivity index (χ2n) is 6.20. The molecule has 0 aliphatic heterocycles. The molecule has 0 aromatic heterocycles. The summed E-state index contributed by atoms with van der Waals surface area (Å²) in [6, 6.07) is 0. The van der Waals surface area contributed by atoms with Crippen molar-refractivity contribution in [3.63, 3.8) is 0 Å². The van der Waals surface area contributed by atoms with E-state index >= 15 is 0 Å². The topological polar surface area (TPSA) is 66.8 Å². The van der Waals surface area contributed by atoms with Gasteiger partial charge in [-0.3, -0.25) is 0 Å². The summed E-state index contributed by atoms with van der Waals surface area (Å²) in [7, 11) is 0. The van der Waals surface area contributed by atoms with Crippen molar-refractivity contribution in [1.29, 1.82) is 0 Å². The number of carbonyl (C=O) groups excluding carboxylic acids is 1. The van der Waals surface area contributed by atoms with E-state index in [1.807, 2.05) is 0 Å². The minimum Gasteiger partial charge on any atom is -0.460 e. The SMILES string of the molecule is CC(C)[C@@H]1CC[C@@H](C)C[C@H]1OC(=O)[C@](C)(O)CO. The van der Waals surface area contributed by atoms with Crippen molar-refractivity contribution in [2.75, 3.05) is 6.61 Å². The zero-order valence-electron chi connectivity index (χ0n) is 11.8. The highest BCUT2D eigenvalue weighted by Crippen LogP contribution is 2.35. The van der Waals surface area contributed by atoms with E-state index in [1.54, 1.807) is 0 Å². The van der Waals surface area contributed by atoms with E-state index in [2.05, 4.69) is 20.8 Å². The lowest BCUT2D eigenvalue weighted by molar-refractivity contribution is -0.179. The van der Waals surface area contributed by atoms with Gasteiger partial charge in [0.25, 0.3) is 0 Å². The molecule has 4 nitrogen and oxygen atoms in total. The Morgan fingerprint density at radius 3 is 2.56 bits per heavy atom. The van der Waals surface area contributed by atoms with Gasteiger partial charge < -0.3 is 14.9 Å². The third-order valence-electron chi connectivity index (χ3n) is 3.97. The summed E-state index contributed by atoms with van der Waals surface area (Å²) in [5.41, 5.74) is -1.79. The minimum absolute atomic E-state index is 0.140. The summed E-state index contributed by atoms with van der Waals surface area (Å²) in [4.78, 5) is 11.8. The van der Waals surface area contributed by atoms with Crippen LogP contribution >= 0.6 is 0 Å². The number of hydrogen-bond donors (Lipinski definition) is 2. The van der Waals surface area contributed by atoms with Gasteiger partial charge in [-0.05, 0) is 37.5 Å². The fraction of sp³-hybridized carbons (Fsp3) is 0.929. The second-order valence-corrected chi connectivity index (χ2v) is 6.20. The summed E-state index contributed by atoms with van der Waals surface area (Å²) in [5, 5.41) is 18.7. The number of esters is 1. The molecule has 106 valence electrons. The molecule has 1 fully saturated rings. The predicted octanol–water partition coefficient (Wildman–Crippen LogP) is 1.73. The Balaban J connectivity index is 2.69. The predicted molar refractivity (Wildman–Crippen MR) is 68.9 cm³/mol. The van der Waals surface area contributed by atoms with E-state index in [0.717, 1.165) is 19.3 Å². The van der Waals surface area contributed by atoms with Crippen molar-refractivity contribution in [3.05, 3.63) is 0 Å². The summed E-state index contributed by atoms with van der Waals surface area (Å²) in [6.07, 6.45) is 2.92. The zero-order chi connectivity index (χ0) is 13.9. The molecule has 4 heteroatoms. The molecule has 0 aromatic rings. The van der Waals surface area contributed by atoms with Gasteiger partial charge >= 0.3 is 5.97 Å². The smallest absolute Gasteiger partial charge is 0.340 e. The first kappa shape index (κ1) is 15.4. The van der Waals surface area contributed by atoms with E-state index in [0.29, 0.717) is 17.8 Å². The van der Waals surface area contributed by atoms with Gasteiger partial charge in [-0.25, -0.2) is 4.79 Å². The highest BCUT2D eigenvalue weighted by Gasteiger charge is 2.38. The van der Waals surface area contributed by atoms with Gasteiger partial charge in [0.15, 0.2) is 5.60 Å². The van der Waals surface area contributed by atoms with Crippen LogP contribution in [0.5, 0.6) is 0 Å². The molecule has 0 aromatic carbocycles. The Morgan fingerprint density at radius 1 is 1.44 bits per heavy atom. The molecule has 0 heterocycles. The van der Waals surface area contributed by atoms with Crippen molar-refractivity contribution < 1.29 is 19.7 Å². The normalized spacial score (nSPS) is 32.1. The van der Waals surface area contributed by atoms with E-state index in [-0.39, 0.29) is 6.10 Å². The van der Waals surface area contributed by atoms with E-state index in [9.17, 15) is 9.90 Å². The first-order valence-electron chi connectivity index (χ1n) is 6.82. The number of hydrogen-bond acceptors (Lipinski definition) is 4. The summed E-state index contributed by atoms with van der Waals surface area (Å²) in [6.45, 7) is 7.09. The maximum Gasteiger partial charge on any atom is 0.340 e. The molecule has 2 N–H and O–H groups in total. The molecule has 0 amide bonds. The standard InChI is InChI=1S/C14H26O4/c1-9(2)11-6-5-10(3)7-12(11)18-13(16)14(4,17)8-15/h9-12,15,17H,5-8H2,1-4H3/t10-,11+,12-,14-/m1/s1. The Bertz CT molecular complexity index is 286. The number of ether oxygens (including phenoxy) is 1. The van der Waals surface area contributed by atoms with Crippen molar-refractivity contribution >= 4 is 5.97 Å². The number of rotatable bonds is 4. The Labute approximate surface area is 109 Å². The van der Waals surface area contributed by atoms with Gasteiger partial charge in [-0.2, -0.15) is 0 Å². The third kappa shape index (κ3) is 3.69. The van der Waals surface area contributed by atoms with E-state index in [4.69, 9.17) is 9.84 Å². The molecular formula is C14H26O4. The molecule has 1 saturated carbocycles. The minimum atomic E-state index is -1.79. The maximum absolute atomic E-state index is 11.8. The molecule has 0 bridgehead atoms. The van der Waals surface area contributed by atoms with Gasteiger partial charge in [0.1, 0.15) is 6.10 Å². The van der Waals surface area contributed by atoms with Crippen molar-refractivity contribution in [1.82, 2.24) is 0 Å². The second kappa shape index (κ2) is 6.02. The monoisotopic (exact) mass is 258 g/mol. The summed E-state index contributed by atoms with van der Waals surface area (Å²) < 4.78 is 5.44. The van der Waals surface area contributed by atoms with E-state index < -0.39 is 18.2 Å². The number of aliphatic hydroxyl groups is 2. The van der Waals surface area contributed by atoms with Crippen LogP contribution in [0.3, 0.4) is 0 Å². The molecule has 1 aliphatic rings. The van der Waals surface area contributed by atoms with Gasteiger partial charge in [0.05, 0.1) is 6.61 Å². The van der Waals surface area contributed by atoms with E-state index in [1.165, 1.54) is 6.92 Å². The molecule has 0 saturated heterocycles. The lowest BCUT2D eigenvalue weighted by atomic mass is 9.75. The highest BCUT2D eigenvalue weighted by atomic mass is 16.6. The van der Waals surface area contributed by atoms with Crippen LogP contribution in [-0.4, -0.2) is 34.5 Å². The molecule has 1 rings (SSSR count). The van der Waals surface area contributed by atoms with Gasteiger partial charge in [0.2, 0.25) is 0 Å². The quantitative estimate of drug-likeness (QED) is 0.754. The van der Waals surface area contributed by atoms with Crippen LogP contribution in [0.25, 0.3) is 0 Å². The van der Waals surface area contributed by atoms with Gasteiger partial charge in [-0.1, -0.05) is 27.2 Å². The van der Waals surface area contributed by atoms with Crippen LogP contribution in [0, 0.1) is 17.8 Å². The van der Waals surface area contributed by atoms with Gasteiger partial charge in [-0.15, -0.1) is 0 Å². The summed E-state index contributed by atoms with van der Waals surface area (Å²) >= 11 is 0. The lowest BCUT2D eigenvalue weighted by Gasteiger charge is -2.37. The summed E-state index contributed by atoms with van der Waals surface area (Å²) in [5.74, 6) is 0.626. The molecule has 1 aliphatic carbocycles. The van der Waals surface area contributed by atoms with Crippen LogP contribution in [0.1, 0.15) is 47.0 Å². The third-order valence-corrected chi connectivity index (χ3v) is 3.97. The van der Waals surface area contributed by atoms with Gasteiger partial charge in [0, 0.05) is 0 Å². The van der Waals surface area contributed by atoms with Crippen LogP contribution in [-0.2, 0) is 9.53 Å². The maximum atomic E-state index is 11.8. The first-order valence-corrected chi connectivity index (χ1v) is 6.82. The Hall–Kier alpha value is -0.610. The Kier molecular flexibility index (Phi) is 5.17. The van der Waals surface area contributed by atoms with Crippen LogP contribution in [0.2, 0.25) is 0 Å². The number of carbonyl (C=O) groups is 1. The van der Waals surface area contributed by atoms with Crippen molar-refractivity contribution in [3.8, 4) is 0 Å². The van der Waals surface area contributed by atoms with Crippen LogP contribution < -0.4 is 0 Å². The number of aliphatic hydroxyl groups excluding tert-OH is 1.